The lowest BCUT2D eigenvalue weighted by molar-refractivity contribution is 0.794. The molecule has 370 valence electrons. The Morgan fingerprint density at radius 1 is 0.269 bits per heavy atom. The average Bonchev–Trinajstić information content (AvgIpc) is 2.47. The second-order valence-electron chi connectivity index (χ2n) is 20.9. The number of fused-ring (bicyclic) bond motifs is 10. The highest BCUT2D eigenvalue weighted by Crippen LogP contribution is 2.65. The predicted octanol–water partition coefficient (Wildman–Crippen LogP) is 20.2. The summed E-state index contributed by atoms with van der Waals surface area (Å²) in [5, 5.41) is 0. The van der Waals surface area contributed by atoms with Crippen LogP contribution >= 0.6 is 0 Å². The van der Waals surface area contributed by atoms with Gasteiger partial charge in [0.25, 0.3) is 0 Å². The molecule has 2 heteroatoms. The van der Waals surface area contributed by atoms with Crippen LogP contribution in [-0.4, -0.2) is 7.05 Å². The number of rotatable bonds is 10. The van der Waals surface area contributed by atoms with E-state index in [4.69, 9.17) is 0 Å². The van der Waals surface area contributed by atoms with Crippen LogP contribution in [-0.2, 0) is 5.41 Å². The molecule has 2 aliphatic carbocycles. The molecule has 0 aliphatic heterocycles. The first-order valence-electron chi connectivity index (χ1n) is 27.1. The number of hydrogen-bond acceptors (Lipinski definition) is 2. The summed E-state index contributed by atoms with van der Waals surface area (Å²) >= 11 is 0. The molecule has 0 N–H and O–H groups in total. The van der Waals surface area contributed by atoms with Gasteiger partial charge in [-0.1, -0.05) is 249 Å². The first-order valence-corrected chi connectivity index (χ1v) is 27.1. The first kappa shape index (κ1) is 46.7. The SMILES string of the molecule is Cc1ccccc1-c1cccc(N(c2ccc(-c3ccc(-c4cccc(-c5ccccc5)c4N(C)c4ccc(-c5ccccc5)cc4)cc3)cc2)c2cccc3c2-c2ccccc2C32c3ccccc3-c3ccccc32)c1C. The zero-order valence-electron chi connectivity index (χ0n) is 44.0. The summed E-state index contributed by atoms with van der Waals surface area (Å²) in [5.74, 6) is 0. The molecule has 0 heterocycles. The molecule has 0 saturated heterocycles. The van der Waals surface area contributed by atoms with Crippen molar-refractivity contribution in [1.82, 2.24) is 0 Å². The highest BCUT2D eigenvalue weighted by atomic mass is 15.1. The van der Waals surface area contributed by atoms with Gasteiger partial charge in [-0.15, -0.1) is 0 Å². The topological polar surface area (TPSA) is 6.48 Å². The Morgan fingerprint density at radius 2 is 0.654 bits per heavy atom. The summed E-state index contributed by atoms with van der Waals surface area (Å²) in [6, 6.07) is 105. The lowest BCUT2D eigenvalue weighted by Gasteiger charge is -2.32. The van der Waals surface area contributed by atoms with Gasteiger partial charge in [0, 0.05) is 40.8 Å². The number of nitrogens with zero attached hydrogens (tertiary/aromatic N) is 2. The van der Waals surface area contributed by atoms with Crippen LogP contribution in [0.3, 0.4) is 0 Å². The molecule has 0 aromatic heterocycles. The molecule has 2 aliphatic rings. The van der Waals surface area contributed by atoms with Crippen LogP contribution in [0.4, 0.5) is 28.4 Å². The van der Waals surface area contributed by atoms with Crippen LogP contribution in [0.2, 0.25) is 0 Å². The fourth-order valence-corrected chi connectivity index (χ4v) is 13.0. The maximum atomic E-state index is 2.53. The Bertz CT molecular complexity index is 4170. The summed E-state index contributed by atoms with van der Waals surface area (Å²) in [6.07, 6.45) is 0. The van der Waals surface area contributed by atoms with E-state index in [1.165, 1.54) is 94.6 Å². The minimum absolute atomic E-state index is 0.456. The fraction of sp³-hybridized carbons (Fsp3) is 0.0526. The highest BCUT2D eigenvalue weighted by Gasteiger charge is 2.52. The first-order chi connectivity index (χ1) is 38.5. The molecule has 14 rings (SSSR count). The molecule has 1 spiro atoms. The molecule has 12 aromatic carbocycles. The third-order valence-corrected chi connectivity index (χ3v) is 16.7. The van der Waals surface area contributed by atoms with Crippen molar-refractivity contribution in [3.05, 3.63) is 318 Å². The van der Waals surface area contributed by atoms with Crippen molar-refractivity contribution in [2.45, 2.75) is 19.3 Å². The smallest absolute Gasteiger partial charge is 0.0726 e. The number of anilines is 5. The van der Waals surface area contributed by atoms with Gasteiger partial charge in [-0.25, -0.2) is 0 Å². The van der Waals surface area contributed by atoms with E-state index in [0.717, 1.165) is 45.1 Å². The molecular formula is C76H56N2. The van der Waals surface area contributed by atoms with Gasteiger partial charge in [0.15, 0.2) is 0 Å². The predicted molar refractivity (Wildman–Crippen MR) is 329 cm³/mol. The fourth-order valence-electron chi connectivity index (χ4n) is 13.0. The lowest BCUT2D eigenvalue weighted by Crippen LogP contribution is -2.26. The van der Waals surface area contributed by atoms with Gasteiger partial charge in [0.2, 0.25) is 0 Å². The van der Waals surface area contributed by atoms with Crippen LogP contribution in [0.15, 0.2) is 285 Å². The summed E-state index contributed by atoms with van der Waals surface area (Å²) in [5.41, 5.74) is 30.1. The largest absolute Gasteiger partial charge is 0.344 e. The Balaban J connectivity index is 0.879. The number of aryl methyl sites for hydroxylation is 1. The maximum Gasteiger partial charge on any atom is 0.0726 e. The average molecular weight is 997 g/mol. The Labute approximate surface area is 458 Å². The van der Waals surface area contributed by atoms with Gasteiger partial charge < -0.3 is 9.80 Å². The third-order valence-electron chi connectivity index (χ3n) is 16.7. The molecule has 0 bridgehead atoms. The Hall–Kier alpha value is -9.76. The summed E-state index contributed by atoms with van der Waals surface area (Å²) in [7, 11) is 2.19. The van der Waals surface area contributed by atoms with Crippen LogP contribution in [0.25, 0.3) is 77.9 Å². The standard InChI is InChI=1S/C76H56N2/c1-51-21-10-11-26-61(51)62-30-19-37-72(52(62)2)78(73-38-20-36-71-74(73)67-29-14-17-35-70(67)76(71)68-33-15-12-27-65(68)66-28-13-16-34-69(66)76)60-49-45-56(46-50-60)54-39-41-58(42-40-54)64-32-18-31-63(57-24-8-5-9-25-57)75(64)77(3)59-47-43-55(44-48-59)53-22-6-4-7-23-53/h4-50H,1-3H3. The van der Waals surface area contributed by atoms with Crippen LogP contribution < -0.4 is 9.80 Å². The van der Waals surface area contributed by atoms with E-state index >= 15 is 0 Å². The molecule has 0 unspecified atom stereocenters. The van der Waals surface area contributed by atoms with Gasteiger partial charge in [-0.2, -0.15) is 0 Å². The molecule has 0 amide bonds. The van der Waals surface area contributed by atoms with Crippen LogP contribution in [0.5, 0.6) is 0 Å². The van der Waals surface area contributed by atoms with Crippen molar-refractivity contribution in [1.29, 1.82) is 0 Å². The molecule has 0 fully saturated rings. The molecule has 0 saturated carbocycles. The van der Waals surface area contributed by atoms with Gasteiger partial charge in [-0.3, -0.25) is 0 Å². The molecule has 12 aromatic rings. The van der Waals surface area contributed by atoms with E-state index in [2.05, 4.69) is 316 Å². The van der Waals surface area contributed by atoms with Crippen molar-refractivity contribution >= 4 is 28.4 Å². The van der Waals surface area contributed by atoms with Gasteiger partial charge in [0.05, 0.1) is 16.8 Å². The second kappa shape index (κ2) is 19.1. The Kier molecular flexibility index (Phi) is 11.5. The molecule has 78 heavy (non-hydrogen) atoms. The van der Waals surface area contributed by atoms with Crippen molar-refractivity contribution in [2.24, 2.45) is 0 Å². The van der Waals surface area contributed by atoms with E-state index in [0.29, 0.717) is 0 Å². The van der Waals surface area contributed by atoms with Crippen molar-refractivity contribution in [3.8, 4) is 77.9 Å². The zero-order chi connectivity index (χ0) is 52.3. The number of hydrogen-bond donors (Lipinski definition) is 0. The molecule has 2 nitrogen and oxygen atoms in total. The van der Waals surface area contributed by atoms with Crippen molar-refractivity contribution in [2.75, 3.05) is 16.8 Å². The van der Waals surface area contributed by atoms with E-state index in [1.54, 1.807) is 0 Å². The van der Waals surface area contributed by atoms with E-state index in [1.807, 2.05) is 0 Å². The summed E-state index contributed by atoms with van der Waals surface area (Å²) in [4.78, 5) is 4.87. The monoisotopic (exact) mass is 996 g/mol. The summed E-state index contributed by atoms with van der Waals surface area (Å²) in [6.45, 7) is 4.51. The molecular weight excluding hydrogens is 941 g/mol. The Morgan fingerprint density at radius 3 is 1.26 bits per heavy atom. The van der Waals surface area contributed by atoms with Gasteiger partial charge in [-0.05, 0) is 145 Å². The third kappa shape index (κ3) is 7.47. The van der Waals surface area contributed by atoms with Gasteiger partial charge in [0.1, 0.15) is 0 Å². The number of benzene rings is 12. The second-order valence-corrected chi connectivity index (χ2v) is 20.9. The van der Waals surface area contributed by atoms with E-state index in [9.17, 15) is 0 Å². The van der Waals surface area contributed by atoms with Crippen molar-refractivity contribution in [3.63, 3.8) is 0 Å². The lowest BCUT2D eigenvalue weighted by atomic mass is 9.70. The van der Waals surface area contributed by atoms with Crippen LogP contribution in [0, 0.1) is 13.8 Å². The normalized spacial score (nSPS) is 12.4. The zero-order valence-corrected chi connectivity index (χ0v) is 44.0. The minimum atomic E-state index is -0.456. The highest BCUT2D eigenvalue weighted by molar-refractivity contribution is 6.02. The van der Waals surface area contributed by atoms with Gasteiger partial charge >= 0.3 is 0 Å². The quantitative estimate of drug-likeness (QED) is 0.135. The minimum Gasteiger partial charge on any atom is -0.344 e. The van der Waals surface area contributed by atoms with Crippen LogP contribution in [0.1, 0.15) is 33.4 Å². The molecule has 0 radical (unpaired) electrons. The number of para-hydroxylation sites is 1. The van der Waals surface area contributed by atoms with E-state index in [-0.39, 0.29) is 0 Å². The van der Waals surface area contributed by atoms with E-state index < -0.39 is 5.41 Å². The summed E-state index contributed by atoms with van der Waals surface area (Å²) < 4.78 is 0. The molecule has 0 atom stereocenters. The van der Waals surface area contributed by atoms with Crippen molar-refractivity contribution < 1.29 is 0 Å². The maximum absolute atomic E-state index is 2.53.